The second-order valence-electron chi connectivity index (χ2n) is 6.70. The van der Waals surface area contributed by atoms with Crippen molar-refractivity contribution in [2.45, 2.75) is 36.6 Å². The maximum Gasteiger partial charge on any atom is 0.229 e. The van der Waals surface area contributed by atoms with Gasteiger partial charge in [0.1, 0.15) is 5.82 Å². The first kappa shape index (κ1) is 18.4. The lowest BCUT2D eigenvalue weighted by molar-refractivity contribution is 0.592. The summed E-state index contributed by atoms with van der Waals surface area (Å²) in [5, 5.41) is 12.1. The number of nitrogens with zero attached hydrogens (tertiary/aromatic N) is 4. The van der Waals surface area contributed by atoms with E-state index in [0.717, 1.165) is 35.9 Å². The largest absolute Gasteiger partial charge is 0.369 e. The minimum Gasteiger partial charge on any atom is -0.369 e. The molecule has 0 aliphatic heterocycles. The summed E-state index contributed by atoms with van der Waals surface area (Å²) in [5.41, 5.74) is 1.96. The quantitative estimate of drug-likeness (QED) is 0.502. The SMILES string of the molecule is CCCCNc1nc2c(S(=O)(=O)c3ccc(C)cc3)nnn2c2ccccc12. The predicted octanol–water partition coefficient (Wildman–Crippen LogP) is 3.63. The number of anilines is 1. The molecule has 0 radical (unpaired) electrons. The van der Waals surface area contributed by atoms with Crippen molar-refractivity contribution in [2.75, 3.05) is 11.9 Å². The van der Waals surface area contributed by atoms with E-state index in [1.165, 1.54) is 4.52 Å². The Morgan fingerprint density at radius 3 is 2.57 bits per heavy atom. The third-order valence-electron chi connectivity index (χ3n) is 4.63. The Balaban J connectivity index is 1.92. The molecule has 0 aliphatic carbocycles. The summed E-state index contributed by atoms with van der Waals surface area (Å²) in [4.78, 5) is 4.77. The summed E-state index contributed by atoms with van der Waals surface area (Å²) in [6.07, 6.45) is 2.04. The van der Waals surface area contributed by atoms with Crippen LogP contribution in [0.2, 0.25) is 0 Å². The third kappa shape index (κ3) is 3.09. The van der Waals surface area contributed by atoms with Crippen molar-refractivity contribution in [2.24, 2.45) is 0 Å². The highest BCUT2D eigenvalue weighted by Crippen LogP contribution is 2.28. The van der Waals surface area contributed by atoms with E-state index >= 15 is 0 Å². The van der Waals surface area contributed by atoms with E-state index in [2.05, 4.69) is 27.5 Å². The lowest BCUT2D eigenvalue weighted by atomic mass is 10.2. The van der Waals surface area contributed by atoms with Crippen molar-refractivity contribution >= 4 is 32.2 Å². The summed E-state index contributed by atoms with van der Waals surface area (Å²) in [7, 11) is -3.83. The lowest BCUT2D eigenvalue weighted by Gasteiger charge is -2.10. The van der Waals surface area contributed by atoms with Gasteiger partial charge in [0.25, 0.3) is 0 Å². The predicted molar refractivity (Wildman–Crippen MR) is 108 cm³/mol. The number of rotatable bonds is 6. The zero-order chi connectivity index (χ0) is 19.7. The van der Waals surface area contributed by atoms with Crippen LogP contribution in [0.3, 0.4) is 0 Å². The average Bonchev–Trinajstić information content (AvgIpc) is 3.13. The summed E-state index contributed by atoms with van der Waals surface area (Å²) < 4.78 is 27.8. The zero-order valence-electron chi connectivity index (χ0n) is 15.8. The molecule has 0 amide bonds. The van der Waals surface area contributed by atoms with Crippen LogP contribution in [0.25, 0.3) is 16.6 Å². The van der Waals surface area contributed by atoms with Crippen molar-refractivity contribution in [3.05, 3.63) is 54.1 Å². The molecule has 1 N–H and O–H groups in total. The van der Waals surface area contributed by atoms with E-state index in [4.69, 9.17) is 0 Å². The Hall–Kier alpha value is -3.00. The topological polar surface area (TPSA) is 89.2 Å². The van der Waals surface area contributed by atoms with Gasteiger partial charge in [0.05, 0.1) is 10.4 Å². The van der Waals surface area contributed by atoms with E-state index in [1.54, 1.807) is 24.3 Å². The normalized spacial score (nSPS) is 11.9. The molecule has 144 valence electrons. The maximum atomic E-state index is 13.2. The molecule has 2 heterocycles. The van der Waals surface area contributed by atoms with Gasteiger partial charge in [-0.15, -0.1) is 5.10 Å². The Bertz CT molecular complexity index is 1250. The van der Waals surface area contributed by atoms with Crippen molar-refractivity contribution in [1.82, 2.24) is 19.8 Å². The number of hydrogen-bond donors (Lipinski definition) is 1. The van der Waals surface area contributed by atoms with Gasteiger partial charge < -0.3 is 5.32 Å². The Morgan fingerprint density at radius 1 is 1.07 bits per heavy atom. The molecule has 4 rings (SSSR count). The maximum absolute atomic E-state index is 13.2. The molecule has 8 heteroatoms. The molecule has 0 saturated carbocycles. The van der Waals surface area contributed by atoms with Crippen LogP contribution in [0, 0.1) is 6.92 Å². The van der Waals surface area contributed by atoms with Crippen LogP contribution in [0.5, 0.6) is 0 Å². The first-order valence-corrected chi connectivity index (χ1v) is 10.7. The molecule has 2 aromatic heterocycles. The highest BCUT2D eigenvalue weighted by molar-refractivity contribution is 7.91. The van der Waals surface area contributed by atoms with Crippen molar-refractivity contribution < 1.29 is 8.42 Å². The van der Waals surface area contributed by atoms with E-state index < -0.39 is 9.84 Å². The van der Waals surface area contributed by atoms with Gasteiger partial charge in [0.15, 0.2) is 5.65 Å². The molecule has 0 fully saturated rings. The monoisotopic (exact) mass is 395 g/mol. The average molecular weight is 395 g/mol. The van der Waals surface area contributed by atoms with Crippen molar-refractivity contribution in [1.29, 1.82) is 0 Å². The van der Waals surface area contributed by atoms with Gasteiger partial charge in [-0.2, -0.15) is 4.52 Å². The van der Waals surface area contributed by atoms with Crippen molar-refractivity contribution in [3.63, 3.8) is 0 Å². The molecule has 28 heavy (non-hydrogen) atoms. The number of benzene rings is 2. The highest BCUT2D eigenvalue weighted by Gasteiger charge is 2.27. The number of aryl methyl sites for hydroxylation is 1. The van der Waals surface area contributed by atoms with Crippen LogP contribution in [-0.2, 0) is 9.84 Å². The van der Waals surface area contributed by atoms with Crippen LogP contribution in [0.1, 0.15) is 25.3 Å². The van der Waals surface area contributed by atoms with Crippen molar-refractivity contribution in [3.8, 4) is 0 Å². The van der Waals surface area contributed by atoms with Gasteiger partial charge in [-0.05, 0) is 37.6 Å². The Morgan fingerprint density at radius 2 is 1.82 bits per heavy atom. The summed E-state index contributed by atoms with van der Waals surface area (Å²) in [6.45, 7) is 4.78. The number of nitrogens with one attached hydrogen (secondary N) is 1. The fourth-order valence-corrected chi connectivity index (χ4v) is 4.30. The fraction of sp³-hybridized carbons (Fsp3) is 0.250. The number of hydrogen-bond acceptors (Lipinski definition) is 6. The van der Waals surface area contributed by atoms with Crippen LogP contribution in [0.4, 0.5) is 5.82 Å². The van der Waals surface area contributed by atoms with Gasteiger partial charge in [-0.25, -0.2) is 13.4 Å². The van der Waals surface area contributed by atoms with Gasteiger partial charge >= 0.3 is 0 Å². The molecule has 4 aromatic rings. The molecule has 0 aliphatic rings. The minimum atomic E-state index is -3.83. The minimum absolute atomic E-state index is 0.138. The second kappa shape index (κ2) is 7.20. The van der Waals surface area contributed by atoms with E-state index in [1.807, 2.05) is 31.2 Å². The molecular weight excluding hydrogens is 374 g/mol. The first-order valence-electron chi connectivity index (χ1n) is 9.22. The smallest absolute Gasteiger partial charge is 0.229 e. The summed E-state index contributed by atoms with van der Waals surface area (Å²) in [6, 6.07) is 14.3. The fourth-order valence-electron chi connectivity index (χ4n) is 3.07. The molecular formula is C20H21N5O2S. The lowest BCUT2D eigenvalue weighted by Crippen LogP contribution is -2.08. The molecule has 2 aromatic carbocycles. The van der Waals surface area contributed by atoms with Crippen LogP contribution < -0.4 is 5.32 Å². The standard InChI is InChI=1S/C20H21N5O2S/c1-3-4-13-21-18-16-7-5-6-8-17(16)25-19(22-18)20(23-24-25)28(26,27)15-11-9-14(2)10-12-15/h5-12H,3-4,13H2,1-2H3,(H,21,22). The molecule has 0 spiro atoms. The summed E-state index contributed by atoms with van der Waals surface area (Å²) >= 11 is 0. The van der Waals surface area contributed by atoms with Gasteiger partial charge in [-0.1, -0.05) is 48.4 Å². The molecule has 0 bridgehead atoms. The molecule has 0 unspecified atom stereocenters. The zero-order valence-corrected chi connectivity index (χ0v) is 16.6. The van der Waals surface area contributed by atoms with E-state index in [9.17, 15) is 8.42 Å². The van der Waals surface area contributed by atoms with Crippen LogP contribution in [0.15, 0.2) is 58.5 Å². The molecule has 0 saturated heterocycles. The molecule has 7 nitrogen and oxygen atoms in total. The van der Waals surface area contributed by atoms with Gasteiger partial charge in [0.2, 0.25) is 14.9 Å². The van der Waals surface area contributed by atoms with Crippen LogP contribution >= 0.6 is 0 Å². The Kier molecular flexibility index (Phi) is 4.72. The number of fused-ring (bicyclic) bond motifs is 3. The van der Waals surface area contributed by atoms with E-state index in [-0.39, 0.29) is 15.6 Å². The van der Waals surface area contributed by atoms with Gasteiger partial charge in [0, 0.05) is 11.9 Å². The number of unbranched alkanes of at least 4 members (excludes halogenated alkanes) is 1. The summed E-state index contributed by atoms with van der Waals surface area (Å²) in [5.74, 6) is 0.638. The molecule has 0 atom stereocenters. The highest BCUT2D eigenvalue weighted by atomic mass is 32.2. The number of para-hydroxylation sites is 1. The third-order valence-corrected chi connectivity index (χ3v) is 6.30. The first-order chi connectivity index (χ1) is 13.5. The van der Waals surface area contributed by atoms with E-state index in [0.29, 0.717) is 5.82 Å². The van der Waals surface area contributed by atoms with Gasteiger partial charge in [-0.3, -0.25) is 0 Å². The number of aromatic nitrogens is 4. The Labute approximate surface area is 163 Å². The second-order valence-corrected chi connectivity index (χ2v) is 8.57. The van der Waals surface area contributed by atoms with Crippen LogP contribution in [-0.4, -0.2) is 34.8 Å². The number of sulfone groups is 1.